The first-order valence-corrected chi connectivity index (χ1v) is 6.93. The Morgan fingerprint density at radius 2 is 2.11 bits per heavy atom. The van der Waals surface area contributed by atoms with Gasteiger partial charge in [0.15, 0.2) is 5.82 Å². The van der Waals surface area contributed by atoms with Crippen LogP contribution in [0.25, 0.3) is 16.7 Å². The molecule has 3 rings (SSSR count). The molecule has 5 heteroatoms. The number of hydrogen-bond acceptors (Lipinski definition) is 2. The summed E-state index contributed by atoms with van der Waals surface area (Å²) < 4.78 is 1.70. The Labute approximate surface area is 118 Å². The number of halogens is 2. The van der Waals surface area contributed by atoms with E-state index >= 15 is 0 Å². The quantitative estimate of drug-likeness (QED) is 0.668. The predicted octanol–water partition coefficient (Wildman–Crippen LogP) is 3.97. The summed E-state index contributed by atoms with van der Waals surface area (Å²) in [5.74, 6) is 0.803. The number of hydrogen-bond donors (Lipinski definition) is 0. The standard InChI is InChI=1S/C13H9BrClN3/c14-6-10-5-9-3-1-2-4-12(9)17-13(10)18-8-11(15)7-16-18/h1-5,7-8H,6H2. The second kappa shape index (κ2) is 4.71. The van der Waals surface area contributed by atoms with E-state index in [2.05, 4.69) is 32.1 Å². The summed E-state index contributed by atoms with van der Waals surface area (Å²) in [6, 6.07) is 10.1. The molecule has 0 fully saturated rings. The molecule has 2 aromatic heterocycles. The Kier molecular flexibility index (Phi) is 3.06. The van der Waals surface area contributed by atoms with Crippen LogP contribution in [0.4, 0.5) is 0 Å². The summed E-state index contributed by atoms with van der Waals surface area (Å²) in [6.07, 6.45) is 3.36. The normalized spacial score (nSPS) is 11.0. The molecule has 0 aliphatic heterocycles. The van der Waals surface area contributed by atoms with Crippen molar-refractivity contribution < 1.29 is 0 Å². The summed E-state index contributed by atoms with van der Waals surface area (Å²) in [5.41, 5.74) is 2.03. The Bertz CT molecular complexity index is 708. The van der Waals surface area contributed by atoms with Crippen molar-refractivity contribution in [2.24, 2.45) is 0 Å². The molecule has 0 radical (unpaired) electrons. The zero-order chi connectivity index (χ0) is 12.5. The average molecular weight is 323 g/mol. The average Bonchev–Trinajstić information content (AvgIpc) is 2.83. The van der Waals surface area contributed by atoms with Gasteiger partial charge in [0.1, 0.15) is 0 Å². The van der Waals surface area contributed by atoms with E-state index in [4.69, 9.17) is 11.6 Å². The monoisotopic (exact) mass is 321 g/mol. The van der Waals surface area contributed by atoms with Crippen LogP contribution < -0.4 is 0 Å². The molecule has 0 bridgehead atoms. The minimum absolute atomic E-state index is 0.602. The van der Waals surface area contributed by atoms with E-state index in [-0.39, 0.29) is 0 Å². The van der Waals surface area contributed by atoms with Crippen molar-refractivity contribution in [2.45, 2.75) is 5.33 Å². The highest BCUT2D eigenvalue weighted by atomic mass is 79.9. The van der Waals surface area contributed by atoms with Gasteiger partial charge in [-0.05, 0) is 12.1 Å². The Balaban J connectivity index is 2.26. The first kappa shape index (κ1) is 11.7. The summed E-state index contributed by atoms with van der Waals surface area (Å²) in [7, 11) is 0. The van der Waals surface area contributed by atoms with Gasteiger partial charge in [-0.3, -0.25) is 0 Å². The maximum Gasteiger partial charge on any atom is 0.158 e. The molecule has 3 nitrogen and oxygen atoms in total. The topological polar surface area (TPSA) is 30.7 Å². The van der Waals surface area contributed by atoms with E-state index in [9.17, 15) is 0 Å². The SMILES string of the molecule is Clc1cnn(-c2nc3ccccc3cc2CBr)c1. The van der Waals surface area contributed by atoms with Crippen LogP contribution in [-0.2, 0) is 5.33 Å². The van der Waals surface area contributed by atoms with Gasteiger partial charge in [-0.15, -0.1) is 0 Å². The highest BCUT2D eigenvalue weighted by Gasteiger charge is 2.09. The third kappa shape index (κ3) is 2.02. The summed E-state index contributed by atoms with van der Waals surface area (Å²) in [4.78, 5) is 4.64. The van der Waals surface area contributed by atoms with Crippen LogP contribution >= 0.6 is 27.5 Å². The van der Waals surface area contributed by atoms with Gasteiger partial charge in [-0.25, -0.2) is 9.67 Å². The second-order valence-corrected chi connectivity index (χ2v) is 4.90. The van der Waals surface area contributed by atoms with E-state index < -0.39 is 0 Å². The number of fused-ring (bicyclic) bond motifs is 1. The van der Waals surface area contributed by atoms with Gasteiger partial charge in [-0.2, -0.15) is 5.10 Å². The molecule has 0 amide bonds. The first-order valence-electron chi connectivity index (χ1n) is 5.43. The molecule has 18 heavy (non-hydrogen) atoms. The lowest BCUT2D eigenvalue weighted by atomic mass is 10.1. The van der Waals surface area contributed by atoms with Crippen LogP contribution in [0.3, 0.4) is 0 Å². The van der Waals surface area contributed by atoms with Gasteiger partial charge >= 0.3 is 0 Å². The number of aromatic nitrogens is 3. The number of para-hydroxylation sites is 1. The fourth-order valence-corrected chi connectivity index (χ4v) is 2.41. The van der Waals surface area contributed by atoms with Crippen LogP contribution in [0.2, 0.25) is 5.02 Å². The zero-order valence-electron chi connectivity index (χ0n) is 9.35. The van der Waals surface area contributed by atoms with Crippen molar-refractivity contribution in [3.63, 3.8) is 0 Å². The van der Waals surface area contributed by atoms with Crippen LogP contribution in [0.1, 0.15) is 5.56 Å². The molecule has 2 heterocycles. The molecule has 90 valence electrons. The lowest BCUT2D eigenvalue weighted by molar-refractivity contribution is 0.843. The van der Waals surface area contributed by atoms with Crippen molar-refractivity contribution in [3.05, 3.63) is 53.3 Å². The summed E-state index contributed by atoms with van der Waals surface area (Å²) >= 11 is 9.39. The van der Waals surface area contributed by atoms with Crippen LogP contribution in [-0.4, -0.2) is 14.8 Å². The number of rotatable bonds is 2. The minimum Gasteiger partial charge on any atom is -0.228 e. The molecule has 0 N–H and O–H groups in total. The lowest BCUT2D eigenvalue weighted by Gasteiger charge is -2.08. The largest absolute Gasteiger partial charge is 0.228 e. The highest BCUT2D eigenvalue weighted by molar-refractivity contribution is 9.08. The lowest BCUT2D eigenvalue weighted by Crippen LogP contribution is -2.02. The van der Waals surface area contributed by atoms with E-state index in [1.807, 2.05) is 24.3 Å². The van der Waals surface area contributed by atoms with Gasteiger partial charge in [0.25, 0.3) is 0 Å². The fourth-order valence-electron chi connectivity index (χ4n) is 1.86. The molecule has 1 aromatic carbocycles. The molecule has 0 spiro atoms. The second-order valence-electron chi connectivity index (χ2n) is 3.90. The van der Waals surface area contributed by atoms with Crippen molar-refractivity contribution in [3.8, 4) is 5.82 Å². The van der Waals surface area contributed by atoms with Crippen LogP contribution in [0, 0.1) is 0 Å². The minimum atomic E-state index is 0.602. The number of alkyl halides is 1. The van der Waals surface area contributed by atoms with E-state index in [0.29, 0.717) is 5.02 Å². The van der Waals surface area contributed by atoms with Gasteiger partial charge in [0.05, 0.1) is 22.9 Å². The molecule has 0 atom stereocenters. The molecule has 3 aromatic rings. The van der Waals surface area contributed by atoms with Crippen molar-refractivity contribution in [1.29, 1.82) is 0 Å². The number of pyridine rings is 1. The van der Waals surface area contributed by atoms with Gasteiger partial charge in [0.2, 0.25) is 0 Å². The molecule has 0 unspecified atom stereocenters. The van der Waals surface area contributed by atoms with E-state index in [1.165, 1.54) is 0 Å². The Morgan fingerprint density at radius 3 is 2.83 bits per heavy atom. The maximum absolute atomic E-state index is 5.90. The molecule has 0 saturated heterocycles. The molecular weight excluding hydrogens is 314 g/mol. The third-order valence-electron chi connectivity index (χ3n) is 2.69. The van der Waals surface area contributed by atoms with Crippen LogP contribution in [0.5, 0.6) is 0 Å². The maximum atomic E-state index is 5.90. The van der Waals surface area contributed by atoms with Gasteiger partial charge in [0, 0.05) is 16.3 Å². The van der Waals surface area contributed by atoms with Crippen LogP contribution in [0.15, 0.2) is 42.7 Å². The molecule has 0 aliphatic carbocycles. The molecule has 0 saturated carbocycles. The number of nitrogens with zero attached hydrogens (tertiary/aromatic N) is 3. The first-order chi connectivity index (χ1) is 8.78. The fraction of sp³-hybridized carbons (Fsp3) is 0.0769. The molecular formula is C13H9BrClN3. The summed E-state index contributed by atoms with van der Waals surface area (Å²) in [5, 5.41) is 6.64. The van der Waals surface area contributed by atoms with Gasteiger partial charge in [-0.1, -0.05) is 45.7 Å². The third-order valence-corrected chi connectivity index (χ3v) is 3.49. The molecule has 0 aliphatic rings. The van der Waals surface area contributed by atoms with Crippen molar-refractivity contribution in [2.75, 3.05) is 0 Å². The van der Waals surface area contributed by atoms with Gasteiger partial charge < -0.3 is 0 Å². The predicted molar refractivity (Wildman–Crippen MR) is 76.5 cm³/mol. The summed E-state index contributed by atoms with van der Waals surface area (Å²) in [6.45, 7) is 0. The Morgan fingerprint density at radius 1 is 1.28 bits per heavy atom. The zero-order valence-corrected chi connectivity index (χ0v) is 11.7. The van der Waals surface area contributed by atoms with E-state index in [0.717, 1.165) is 27.6 Å². The van der Waals surface area contributed by atoms with Crippen molar-refractivity contribution in [1.82, 2.24) is 14.8 Å². The highest BCUT2D eigenvalue weighted by Crippen LogP contribution is 2.22. The number of benzene rings is 1. The Hall–Kier alpha value is -1.39. The van der Waals surface area contributed by atoms with E-state index in [1.54, 1.807) is 17.1 Å². The smallest absolute Gasteiger partial charge is 0.158 e. The van der Waals surface area contributed by atoms with Crippen molar-refractivity contribution >= 4 is 38.4 Å².